The molecule has 0 amide bonds. The van der Waals surface area contributed by atoms with Crippen LogP contribution in [0.2, 0.25) is 0 Å². The topological polar surface area (TPSA) is 50.1 Å². The average molecular weight is 291 g/mol. The quantitative estimate of drug-likeness (QED) is 0.484. The molecule has 110 valence electrons. The second-order valence-electron chi connectivity index (χ2n) is 5.11. The molecule has 3 heteroatoms. The summed E-state index contributed by atoms with van der Waals surface area (Å²) in [6.07, 6.45) is 1.58. The lowest BCUT2D eigenvalue weighted by Gasteiger charge is -2.07. The number of benzene rings is 2. The zero-order chi connectivity index (χ0) is 16.1. The number of Topliss-reactive ketones (excluding diaryl/α,β-unsaturated/α-hetero) is 1. The van der Waals surface area contributed by atoms with Gasteiger partial charge in [-0.25, -0.2) is 0 Å². The van der Waals surface area contributed by atoms with E-state index in [1.54, 1.807) is 25.3 Å². The first-order valence-corrected chi connectivity index (χ1v) is 6.93. The summed E-state index contributed by atoms with van der Waals surface area (Å²) in [7, 11) is 1.57. The van der Waals surface area contributed by atoms with Crippen molar-refractivity contribution in [2.45, 2.75) is 13.8 Å². The Kier molecular flexibility index (Phi) is 4.75. The number of aryl methyl sites for hydroxylation is 2. The lowest BCUT2D eigenvalue weighted by Crippen LogP contribution is -2.02. The molecule has 0 aliphatic heterocycles. The molecule has 0 heterocycles. The van der Waals surface area contributed by atoms with Crippen molar-refractivity contribution >= 4 is 11.9 Å². The predicted molar refractivity (Wildman–Crippen MR) is 86.8 cm³/mol. The number of hydrogen-bond acceptors (Lipinski definition) is 3. The molecule has 0 aromatic heterocycles. The average Bonchev–Trinajstić information content (AvgIpc) is 2.52. The van der Waals surface area contributed by atoms with Crippen LogP contribution in [0.25, 0.3) is 6.08 Å². The van der Waals surface area contributed by atoms with Gasteiger partial charge >= 0.3 is 0 Å². The van der Waals surface area contributed by atoms with Crippen LogP contribution in [-0.2, 0) is 0 Å². The minimum absolute atomic E-state index is 0.0921. The smallest absolute Gasteiger partial charge is 0.203 e. The molecule has 0 aliphatic carbocycles. The molecule has 22 heavy (non-hydrogen) atoms. The summed E-state index contributed by atoms with van der Waals surface area (Å²) in [6.45, 7) is 3.86. The maximum Gasteiger partial charge on any atom is 0.203 e. The van der Waals surface area contributed by atoms with E-state index in [9.17, 15) is 10.1 Å². The molecule has 0 aliphatic rings. The van der Waals surface area contributed by atoms with E-state index in [-0.39, 0.29) is 11.4 Å². The molecule has 2 aromatic rings. The van der Waals surface area contributed by atoms with E-state index in [2.05, 4.69) is 0 Å². The molecule has 2 aromatic carbocycles. The molecule has 2 rings (SSSR count). The van der Waals surface area contributed by atoms with Crippen LogP contribution in [0.4, 0.5) is 0 Å². The summed E-state index contributed by atoms with van der Waals surface area (Å²) in [5.74, 6) is 0.352. The third-order valence-electron chi connectivity index (χ3n) is 3.33. The molecule has 3 nitrogen and oxygen atoms in total. The van der Waals surface area contributed by atoms with Crippen LogP contribution in [0.15, 0.2) is 48.0 Å². The second kappa shape index (κ2) is 6.73. The highest BCUT2D eigenvalue weighted by Gasteiger charge is 2.13. The van der Waals surface area contributed by atoms with Gasteiger partial charge in [-0.05, 0) is 38.1 Å². The van der Waals surface area contributed by atoms with Gasteiger partial charge in [0.2, 0.25) is 5.78 Å². The first-order valence-electron chi connectivity index (χ1n) is 6.93. The summed E-state index contributed by atoms with van der Waals surface area (Å²) >= 11 is 0. The molecule has 0 saturated carbocycles. The van der Waals surface area contributed by atoms with Crippen molar-refractivity contribution in [1.82, 2.24) is 0 Å². The van der Waals surface area contributed by atoms with Crippen molar-refractivity contribution < 1.29 is 9.53 Å². The van der Waals surface area contributed by atoms with Crippen LogP contribution >= 0.6 is 0 Å². The number of carbonyl (C=O) groups excluding carboxylic acids is 1. The van der Waals surface area contributed by atoms with Crippen LogP contribution in [0.5, 0.6) is 5.75 Å². The van der Waals surface area contributed by atoms with Crippen LogP contribution in [0.1, 0.15) is 27.0 Å². The normalized spacial score (nSPS) is 10.9. The van der Waals surface area contributed by atoms with Crippen LogP contribution in [0.3, 0.4) is 0 Å². The molecule has 0 spiro atoms. The Morgan fingerprint density at radius 3 is 2.50 bits per heavy atom. The fourth-order valence-electron chi connectivity index (χ4n) is 2.21. The van der Waals surface area contributed by atoms with Gasteiger partial charge in [0.1, 0.15) is 17.4 Å². The number of allylic oxidation sites excluding steroid dienone is 1. The number of methoxy groups -OCH3 is 1. The Balaban J connectivity index is 2.46. The molecule has 0 saturated heterocycles. The zero-order valence-electron chi connectivity index (χ0n) is 12.9. The lowest BCUT2D eigenvalue weighted by molar-refractivity contribution is 0.104. The van der Waals surface area contributed by atoms with Crippen molar-refractivity contribution in [3.8, 4) is 11.8 Å². The molecule has 0 N–H and O–H groups in total. The maximum absolute atomic E-state index is 12.5. The van der Waals surface area contributed by atoms with Gasteiger partial charge in [0.05, 0.1) is 7.11 Å². The van der Waals surface area contributed by atoms with Gasteiger partial charge in [-0.2, -0.15) is 5.26 Å². The SMILES string of the molecule is COc1ccc(C)cc1/C=C(\C#N)C(=O)c1cccc(C)c1. The first-order chi connectivity index (χ1) is 10.5. The van der Waals surface area contributed by atoms with Gasteiger partial charge in [-0.3, -0.25) is 4.79 Å². The molecular formula is C19H17NO2. The lowest BCUT2D eigenvalue weighted by atomic mass is 9.99. The van der Waals surface area contributed by atoms with E-state index in [1.165, 1.54) is 0 Å². The van der Waals surface area contributed by atoms with Crippen LogP contribution < -0.4 is 4.74 Å². The highest BCUT2D eigenvalue weighted by molar-refractivity contribution is 6.14. The fourth-order valence-corrected chi connectivity index (χ4v) is 2.21. The summed E-state index contributed by atoms with van der Waals surface area (Å²) in [6, 6.07) is 14.8. The zero-order valence-corrected chi connectivity index (χ0v) is 12.9. The summed E-state index contributed by atoms with van der Waals surface area (Å²) in [5, 5.41) is 9.34. The molecule has 0 atom stereocenters. The van der Waals surface area contributed by atoms with Crippen LogP contribution in [-0.4, -0.2) is 12.9 Å². The van der Waals surface area contributed by atoms with Gasteiger partial charge in [-0.1, -0.05) is 35.4 Å². The van der Waals surface area contributed by atoms with Crippen molar-refractivity contribution in [2.75, 3.05) is 7.11 Å². The van der Waals surface area contributed by atoms with Crippen molar-refractivity contribution in [1.29, 1.82) is 5.26 Å². The maximum atomic E-state index is 12.5. The standard InChI is InChI=1S/C19H17NO2/c1-13-5-4-6-15(9-13)19(21)17(12-20)11-16-10-14(2)7-8-18(16)22-3/h4-11H,1-3H3/b17-11+. The minimum Gasteiger partial charge on any atom is -0.496 e. The molecule has 0 fully saturated rings. The Morgan fingerprint density at radius 2 is 1.86 bits per heavy atom. The van der Waals surface area contributed by atoms with Gasteiger partial charge in [-0.15, -0.1) is 0 Å². The predicted octanol–water partition coefficient (Wildman–Crippen LogP) is 4.10. The highest BCUT2D eigenvalue weighted by atomic mass is 16.5. The van der Waals surface area contributed by atoms with Crippen molar-refractivity contribution in [3.05, 3.63) is 70.3 Å². The number of ketones is 1. The number of nitrogens with zero attached hydrogens (tertiary/aromatic N) is 1. The Hall–Kier alpha value is -2.86. The molecule has 0 unspecified atom stereocenters. The Morgan fingerprint density at radius 1 is 1.14 bits per heavy atom. The van der Waals surface area contributed by atoms with Gasteiger partial charge in [0.25, 0.3) is 0 Å². The molecule has 0 bridgehead atoms. The van der Waals surface area contributed by atoms with Crippen molar-refractivity contribution in [2.24, 2.45) is 0 Å². The number of nitriles is 1. The fraction of sp³-hybridized carbons (Fsp3) is 0.158. The second-order valence-corrected chi connectivity index (χ2v) is 5.11. The highest BCUT2D eigenvalue weighted by Crippen LogP contribution is 2.23. The third-order valence-corrected chi connectivity index (χ3v) is 3.33. The van der Waals surface area contributed by atoms with E-state index >= 15 is 0 Å². The monoisotopic (exact) mass is 291 g/mol. The Bertz CT molecular complexity index is 782. The van der Waals surface area contributed by atoms with Gasteiger partial charge in [0, 0.05) is 11.1 Å². The summed E-state index contributed by atoms with van der Waals surface area (Å²) in [5.41, 5.74) is 3.34. The van der Waals surface area contributed by atoms with Gasteiger partial charge < -0.3 is 4.74 Å². The number of ether oxygens (including phenoxy) is 1. The largest absolute Gasteiger partial charge is 0.496 e. The van der Waals surface area contributed by atoms with E-state index in [0.717, 1.165) is 16.7 Å². The number of carbonyl (C=O) groups is 1. The van der Waals surface area contributed by atoms with Crippen molar-refractivity contribution in [3.63, 3.8) is 0 Å². The molecule has 0 radical (unpaired) electrons. The first kappa shape index (κ1) is 15.5. The van der Waals surface area contributed by atoms with E-state index < -0.39 is 0 Å². The summed E-state index contributed by atoms with van der Waals surface area (Å²) in [4.78, 5) is 12.5. The number of rotatable bonds is 4. The van der Waals surface area contributed by atoms with E-state index in [0.29, 0.717) is 11.3 Å². The van der Waals surface area contributed by atoms with E-state index in [4.69, 9.17) is 4.74 Å². The molecular weight excluding hydrogens is 274 g/mol. The number of hydrogen-bond donors (Lipinski definition) is 0. The summed E-state index contributed by atoms with van der Waals surface area (Å²) < 4.78 is 5.28. The Labute approximate surface area is 130 Å². The van der Waals surface area contributed by atoms with Crippen LogP contribution in [0, 0.1) is 25.2 Å². The third kappa shape index (κ3) is 3.42. The minimum atomic E-state index is -0.283. The van der Waals surface area contributed by atoms with E-state index in [1.807, 2.05) is 50.2 Å². The van der Waals surface area contributed by atoms with Gasteiger partial charge in [0.15, 0.2) is 0 Å².